The van der Waals surface area contributed by atoms with E-state index in [1.54, 1.807) is 32.1 Å². The lowest BCUT2D eigenvalue weighted by Crippen LogP contribution is -2.45. The summed E-state index contributed by atoms with van der Waals surface area (Å²) in [6.07, 6.45) is 3.77. The first-order chi connectivity index (χ1) is 16.2. The topological polar surface area (TPSA) is 100 Å². The fraction of sp³-hybridized carbons (Fsp3) is 0.750. The summed E-state index contributed by atoms with van der Waals surface area (Å²) in [5, 5.41) is 24.8. The maximum atomic E-state index is 13.3. The molecule has 6 nitrogen and oxygen atoms in total. The standard InChI is InChI=1S/C28H43NO5S/c1-16-9-8-10-28(7)24(34-28)13-20(17(2)11-21-15-35-19(4)29-21)12-22(30)14-23(31)27(5,6)26(33)18(3)25(16)32/h11,15-16,18,20,23-25,31-32H,8-10,12-14H2,1-7H3/b17-11+/t16?,18?,20?,23?,24?,25-,28+/m0/s1. The molecule has 0 aromatic carbocycles. The van der Waals surface area contributed by atoms with Crippen molar-refractivity contribution in [2.24, 2.45) is 23.2 Å². The third-order valence-corrected chi connectivity index (χ3v) is 9.19. The van der Waals surface area contributed by atoms with E-state index in [-0.39, 0.29) is 47.9 Å². The number of epoxide rings is 1. The maximum absolute atomic E-state index is 13.3. The quantitative estimate of drug-likeness (QED) is 0.540. The third kappa shape index (κ3) is 6.68. The monoisotopic (exact) mass is 505 g/mol. The van der Waals surface area contributed by atoms with Gasteiger partial charge in [0, 0.05) is 24.1 Å². The van der Waals surface area contributed by atoms with Crippen molar-refractivity contribution in [3.8, 4) is 0 Å². The first-order valence-corrected chi connectivity index (χ1v) is 13.8. The smallest absolute Gasteiger partial charge is 0.146 e. The third-order valence-electron chi connectivity index (χ3n) is 8.39. The highest BCUT2D eigenvalue weighted by molar-refractivity contribution is 7.09. The summed E-state index contributed by atoms with van der Waals surface area (Å²) < 4.78 is 6.14. The number of allylic oxidation sites excluding steroid dienone is 1. The number of aliphatic hydroxyl groups is 2. The summed E-state index contributed by atoms with van der Waals surface area (Å²) in [5.41, 5.74) is 0.641. The zero-order chi connectivity index (χ0) is 26.1. The Morgan fingerprint density at radius 3 is 2.51 bits per heavy atom. The summed E-state index contributed by atoms with van der Waals surface area (Å²) >= 11 is 1.60. The van der Waals surface area contributed by atoms with Crippen molar-refractivity contribution in [2.45, 2.75) is 111 Å². The number of aliphatic hydroxyl groups excluding tert-OH is 2. The molecule has 1 aromatic heterocycles. The lowest BCUT2D eigenvalue weighted by Gasteiger charge is -2.34. The molecule has 0 amide bonds. The van der Waals surface area contributed by atoms with Gasteiger partial charge in [0.25, 0.3) is 0 Å². The Hall–Kier alpha value is -1.41. The largest absolute Gasteiger partial charge is 0.392 e. The van der Waals surface area contributed by atoms with Crippen molar-refractivity contribution in [1.29, 1.82) is 0 Å². The molecule has 35 heavy (non-hydrogen) atoms. The highest BCUT2D eigenvalue weighted by atomic mass is 32.1. The Balaban J connectivity index is 1.85. The van der Waals surface area contributed by atoms with E-state index in [1.807, 2.05) is 32.2 Å². The minimum atomic E-state index is -1.12. The summed E-state index contributed by atoms with van der Waals surface area (Å²) in [7, 11) is 0. The molecule has 2 fully saturated rings. The van der Waals surface area contributed by atoms with Gasteiger partial charge < -0.3 is 14.9 Å². The summed E-state index contributed by atoms with van der Waals surface area (Å²) in [6.45, 7) is 13.2. The van der Waals surface area contributed by atoms with E-state index in [0.29, 0.717) is 0 Å². The molecule has 1 saturated carbocycles. The van der Waals surface area contributed by atoms with Gasteiger partial charge >= 0.3 is 0 Å². The van der Waals surface area contributed by atoms with Gasteiger partial charge in [0.2, 0.25) is 0 Å². The highest BCUT2D eigenvalue weighted by Crippen LogP contribution is 2.46. The zero-order valence-corrected chi connectivity index (χ0v) is 23.2. The Kier molecular flexibility index (Phi) is 8.78. The number of Topliss-reactive ketones (excluding diaryl/α,β-unsaturated/α-hetero) is 2. The molecule has 2 N–H and O–H groups in total. The van der Waals surface area contributed by atoms with E-state index in [0.717, 1.165) is 42.0 Å². The number of aromatic nitrogens is 1. The molecule has 0 spiro atoms. The minimum absolute atomic E-state index is 0.0186. The molecule has 1 aliphatic carbocycles. The van der Waals surface area contributed by atoms with Gasteiger partial charge in [0.1, 0.15) is 11.6 Å². The van der Waals surface area contributed by atoms with Gasteiger partial charge in [-0.05, 0) is 57.9 Å². The van der Waals surface area contributed by atoms with Crippen LogP contribution in [0.5, 0.6) is 0 Å². The van der Waals surface area contributed by atoms with Crippen molar-refractivity contribution in [3.05, 3.63) is 21.7 Å². The normalized spacial score (nSPS) is 37.7. The number of aryl methyl sites for hydroxylation is 1. The van der Waals surface area contributed by atoms with Crippen LogP contribution in [-0.2, 0) is 14.3 Å². The lowest BCUT2D eigenvalue weighted by molar-refractivity contribution is -0.143. The second kappa shape index (κ2) is 10.9. The number of hydrogen-bond acceptors (Lipinski definition) is 7. The summed E-state index contributed by atoms with van der Waals surface area (Å²) in [4.78, 5) is 30.9. The Morgan fingerprint density at radius 2 is 1.89 bits per heavy atom. The van der Waals surface area contributed by atoms with Crippen molar-refractivity contribution in [2.75, 3.05) is 0 Å². The van der Waals surface area contributed by atoms with Crippen LogP contribution < -0.4 is 0 Å². The first-order valence-electron chi connectivity index (χ1n) is 12.9. The number of carbonyl (C=O) groups is 2. The number of thiazole rings is 1. The van der Waals surface area contributed by atoms with Gasteiger partial charge in [0.15, 0.2) is 0 Å². The predicted molar refractivity (Wildman–Crippen MR) is 139 cm³/mol. The van der Waals surface area contributed by atoms with Crippen LogP contribution in [0.4, 0.5) is 0 Å². The fourth-order valence-electron chi connectivity index (χ4n) is 5.47. The van der Waals surface area contributed by atoms with Gasteiger partial charge in [-0.15, -0.1) is 11.3 Å². The van der Waals surface area contributed by atoms with E-state index >= 15 is 0 Å². The van der Waals surface area contributed by atoms with E-state index in [4.69, 9.17) is 4.74 Å². The molecule has 0 radical (unpaired) electrons. The van der Waals surface area contributed by atoms with Crippen LogP contribution in [0.25, 0.3) is 6.08 Å². The van der Waals surface area contributed by atoms with E-state index in [2.05, 4.69) is 11.9 Å². The number of hydrogen-bond donors (Lipinski definition) is 2. The zero-order valence-electron chi connectivity index (χ0n) is 22.3. The first kappa shape index (κ1) is 28.2. The van der Waals surface area contributed by atoms with E-state index in [9.17, 15) is 19.8 Å². The number of rotatable bonds is 2. The van der Waals surface area contributed by atoms with Gasteiger partial charge in [-0.25, -0.2) is 4.98 Å². The fourth-order valence-corrected chi connectivity index (χ4v) is 6.04. The van der Waals surface area contributed by atoms with Gasteiger partial charge in [-0.2, -0.15) is 0 Å². The SMILES string of the molecule is C/C(=C\c1csc(C)n1)C1CC(=O)CC(O)C(C)(C)C(=O)C(C)[C@@H](O)C(C)CCC[C@@]2(C)OC2C1. The number of nitrogens with zero attached hydrogens (tertiary/aromatic N) is 1. The van der Waals surface area contributed by atoms with Crippen LogP contribution in [0.2, 0.25) is 0 Å². The average molecular weight is 506 g/mol. The molecule has 1 aliphatic heterocycles. The second-order valence-electron chi connectivity index (χ2n) is 11.7. The van der Waals surface area contributed by atoms with E-state index < -0.39 is 23.5 Å². The van der Waals surface area contributed by atoms with Crippen molar-refractivity contribution in [1.82, 2.24) is 4.98 Å². The van der Waals surface area contributed by atoms with Crippen molar-refractivity contribution >= 4 is 29.0 Å². The van der Waals surface area contributed by atoms with Crippen LogP contribution in [0.3, 0.4) is 0 Å². The molecule has 0 bridgehead atoms. The summed E-state index contributed by atoms with van der Waals surface area (Å²) in [5.74, 6) is -0.945. The van der Waals surface area contributed by atoms with Gasteiger partial charge in [0.05, 0.1) is 40.0 Å². The van der Waals surface area contributed by atoms with Crippen LogP contribution in [0.1, 0.15) is 90.8 Å². The predicted octanol–water partition coefficient (Wildman–Crippen LogP) is 5.14. The van der Waals surface area contributed by atoms with Gasteiger partial charge in [-0.3, -0.25) is 9.59 Å². The molecule has 7 heteroatoms. The molecular formula is C28H43NO5S. The maximum Gasteiger partial charge on any atom is 0.146 e. The van der Waals surface area contributed by atoms with Crippen LogP contribution in [0.15, 0.2) is 11.0 Å². The van der Waals surface area contributed by atoms with Crippen LogP contribution in [0, 0.1) is 30.1 Å². The summed E-state index contributed by atoms with van der Waals surface area (Å²) in [6, 6.07) is 0. The number of fused-ring (bicyclic) bond motifs is 1. The van der Waals surface area contributed by atoms with Crippen LogP contribution in [-0.4, -0.2) is 50.7 Å². The van der Waals surface area contributed by atoms with Gasteiger partial charge in [-0.1, -0.05) is 39.7 Å². The number of ether oxygens (including phenoxy) is 1. The molecule has 5 unspecified atom stereocenters. The molecule has 2 heterocycles. The molecule has 1 saturated heterocycles. The van der Waals surface area contributed by atoms with Crippen LogP contribution >= 0.6 is 11.3 Å². The Bertz CT molecular complexity index is 953. The molecule has 3 rings (SSSR count). The minimum Gasteiger partial charge on any atom is -0.392 e. The highest BCUT2D eigenvalue weighted by Gasteiger charge is 2.52. The molecular weight excluding hydrogens is 462 g/mol. The van der Waals surface area contributed by atoms with Crippen molar-refractivity contribution in [3.63, 3.8) is 0 Å². The molecule has 7 atom stereocenters. The Labute approximate surface area is 214 Å². The van der Waals surface area contributed by atoms with Crippen molar-refractivity contribution < 1.29 is 24.5 Å². The molecule has 1 aromatic rings. The average Bonchev–Trinajstić information content (AvgIpc) is 3.22. The van der Waals surface area contributed by atoms with E-state index in [1.165, 1.54) is 0 Å². The number of carbonyl (C=O) groups excluding carboxylic acids is 2. The molecule has 196 valence electrons. The molecule has 2 aliphatic rings. The Morgan fingerprint density at radius 1 is 1.20 bits per heavy atom. The lowest BCUT2D eigenvalue weighted by atomic mass is 9.72. The number of ketones is 2. The second-order valence-corrected chi connectivity index (χ2v) is 12.8.